The lowest BCUT2D eigenvalue weighted by Crippen LogP contribution is -2.33. The molecule has 2 nitrogen and oxygen atoms in total. The molecule has 0 aliphatic rings. The smallest absolute Gasteiger partial charge is 0.133 e. The Kier molecular flexibility index (Phi) is 5.45. The van der Waals surface area contributed by atoms with Gasteiger partial charge in [-0.05, 0) is 47.5 Å². The van der Waals surface area contributed by atoms with Gasteiger partial charge in [0.1, 0.15) is 21.0 Å². The average Bonchev–Trinajstić information content (AvgIpc) is 2.54. The second-order valence-corrected chi connectivity index (χ2v) is 6.70. The van der Waals surface area contributed by atoms with Gasteiger partial charge in [0, 0.05) is 0 Å². The molecular weight excluding hydrogens is 300 g/mol. The molecule has 0 atom stereocenters. The highest BCUT2D eigenvalue weighted by Crippen LogP contribution is 2.19. The number of rotatable bonds is 6. The van der Waals surface area contributed by atoms with Crippen molar-refractivity contribution in [3.63, 3.8) is 0 Å². The highest BCUT2D eigenvalue weighted by molar-refractivity contribution is 6.70. The van der Waals surface area contributed by atoms with Crippen molar-refractivity contribution in [1.29, 1.82) is 0 Å². The molecule has 0 saturated carbocycles. The van der Waals surface area contributed by atoms with Gasteiger partial charge >= 0.3 is 0 Å². The summed E-state index contributed by atoms with van der Waals surface area (Å²) in [4.78, 5) is 0. The molecule has 0 unspecified atom stereocenters. The summed E-state index contributed by atoms with van der Waals surface area (Å²) in [6, 6.07) is 12.2. The van der Waals surface area contributed by atoms with Gasteiger partial charge in [0.15, 0.2) is 0 Å². The zero-order valence-electron chi connectivity index (χ0n) is 14.2. The second kappa shape index (κ2) is 7.33. The summed E-state index contributed by atoms with van der Waals surface area (Å²) in [5.74, 6) is 1.75. The first-order valence-electron chi connectivity index (χ1n) is 7.42. The zero-order chi connectivity index (χ0) is 17.0. The van der Waals surface area contributed by atoms with Crippen LogP contribution in [0.2, 0.25) is 0 Å². The van der Waals surface area contributed by atoms with Crippen molar-refractivity contribution in [1.82, 2.24) is 0 Å². The fourth-order valence-corrected chi connectivity index (χ4v) is 4.23. The van der Waals surface area contributed by atoms with Crippen LogP contribution in [0.5, 0.6) is 11.5 Å². The van der Waals surface area contributed by atoms with Gasteiger partial charge in [0.05, 0.1) is 14.2 Å². The maximum absolute atomic E-state index is 5.58. The van der Waals surface area contributed by atoms with E-state index >= 15 is 0 Å². The Morgan fingerprint density at radius 3 is 1.48 bits per heavy atom. The van der Waals surface area contributed by atoms with Crippen LogP contribution in [-0.2, 0) is 0 Å². The highest BCUT2D eigenvalue weighted by Gasteiger charge is 2.17. The molecule has 0 amide bonds. The number of hydrogen-bond acceptors (Lipinski definition) is 2. The van der Waals surface area contributed by atoms with Crippen molar-refractivity contribution in [3.8, 4) is 11.5 Å². The lowest BCUT2D eigenvalue weighted by molar-refractivity contribution is 0.417. The third kappa shape index (κ3) is 3.56. The molecule has 118 valence electrons. The monoisotopic (exact) mass is 322 g/mol. The Labute approximate surface area is 141 Å². The van der Waals surface area contributed by atoms with Crippen molar-refractivity contribution in [2.24, 2.45) is 0 Å². The van der Waals surface area contributed by atoms with Gasteiger partial charge in [0.25, 0.3) is 0 Å². The van der Waals surface area contributed by atoms with E-state index in [4.69, 9.17) is 9.47 Å². The Hall–Kier alpha value is -2.26. The predicted molar refractivity (Wildman–Crippen MR) is 100 cm³/mol. The van der Waals surface area contributed by atoms with Crippen molar-refractivity contribution >= 4 is 31.0 Å². The maximum Gasteiger partial charge on any atom is 0.133 e. The quantitative estimate of drug-likeness (QED) is 0.759. The van der Waals surface area contributed by atoms with E-state index in [1.165, 1.54) is 0 Å². The average molecular weight is 322 g/mol. The molecule has 0 fully saturated rings. The minimum atomic E-state index is 0.400. The third-order valence-electron chi connectivity index (χ3n) is 3.66. The van der Waals surface area contributed by atoms with Gasteiger partial charge in [0.2, 0.25) is 0 Å². The normalized spacial score (nSPS) is 10.3. The molecule has 0 aliphatic heterocycles. The molecule has 2 radical (unpaired) electrons. The molecule has 3 heteroatoms. The molecule has 0 heterocycles. The number of ether oxygens (including phenoxy) is 2. The summed E-state index contributed by atoms with van der Waals surface area (Å²) in [7, 11) is 3.80. The molecule has 2 aromatic rings. The van der Waals surface area contributed by atoms with E-state index in [1.807, 2.05) is 38.1 Å². The van der Waals surface area contributed by atoms with E-state index in [0.29, 0.717) is 9.52 Å². The fraction of sp³-hybridized carbons (Fsp3) is 0.200. The van der Waals surface area contributed by atoms with Crippen LogP contribution in [-0.4, -0.2) is 23.7 Å². The summed E-state index contributed by atoms with van der Waals surface area (Å²) < 4.78 is 11.2. The summed E-state index contributed by atoms with van der Waals surface area (Å²) in [6.45, 7) is 12.2. The standard InChI is InChI=1S/C20H22O2Si/c1-13(2)15-9-7-11-17(21-5)19(15)23-20-16(14(3)4)10-8-12-18(20)22-6/h7-12H,1,3H2,2,4-6H3. The molecule has 0 bridgehead atoms. The van der Waals surface area contributed by atoms with Crippen LogP contribution < -0.4 is 19.8 Å². The van der Waals surface area contributed by atoms with Crippen LogP contribution in [0.15, 0.2) is 49.6 Å². The summed E-state index contributed by atoms with van der Waals surface area (Å²) in [5, 5.41) is 2.30. The lowest BCUT2D eigenvalue weighted by atomic mass is 10.1. The number of benzene rings is 2. The van der Waals surface area contributed by atoms with Crippen molar-refractivity contribution in [3.05, 3.63) is 60.7 Å². The van der Waals surface area contributed by atoms with Gasteiger partial charge in [-0.15, -0.1) is 0 Å². The zero-order valence-corrected chi connectivity index (χ0v) is 15.2. The molecule has 0 N–H and O–H groups in total. The van der Waals surface area contributed by atoms with Crippen LogP contribution in [0.25, 0.3) is 11.1 Å². The van der Waals surface area contributed by atoms with Gasteiger partial charge in [-0.2, -0.15) is 0 Å². The number of methoxy groups -OCH3 is 2. The molecule has 0 spiro atoms. The minimum absolute atomic E-state index is 0.400. The second-order valence-electron chi connectivity index (χ2n) is 5.45. The molecule has 0 aliphatic carbocycles. The van der Waals surface area contributed by atoms with Crippen LogP contribution >= 0.6 is 0 Å². The minimum Gasteiger partial charge on any atom is -0.497 e. The lowest BCUT2D eigenvalue weighted by Gasteiger charge is -2.17. The summed E-state index contributed by atoms with van der Waals surface area (Å²) in [6.07, 6.45) is 0. The van der Waals surface area contributed by atoms with Crippen LogP contribution in [0.1, 0.15) is 25.0 Å². The van der Waals surface area contributed by atoms with Crippen molar-refractivity contribution in [2.75, 3.05) is 14.2 Å². The Balaban J connectivity index is 2.64. The predicted octanol–water partition coefficient (Wildman–Crippen LogP) is 3.43. The number of allylic oxidation sites excluding steroid dienone is 2. The van der Waals surface area contributed by atoms with Gasteiger partial charge in [-0.3, -0.25) is 0 Å². The SMILES string of the molecule is C=C(C)c1cccc(OC)c1[Si]c1c(OC)cccc1C(=C)C. The van der Waals surface area contributed by atoms with Gasteiger partial charge < -0.3 is 9.47 Å². The van der Waals surface area contributed by atoms with Crippen LogP contribution in [0.4, 0.5) is 0 Å². The molecule has 0 aromatic heterocycles. The van der Waals surface area contributed by atoms with Crippen molar-refractivity contribution < 1.29 is 9.47 Å². The topological polar surface area (TPSA) is 18.5 Å². The number of hydrogen-bond donors (Lipinski definition) is 0. The highest BCUT2D eigenvalue weighted by atomic mass is 28.2. The van der Waals surface area contributed by atoms with E-state index in [-0.39, 0.29) is 0 Å². The molecule has 2 rings (SSSR count). The molecular formula is C20H22O2Si. The van der Waals surface area contributed by atoms with E-state index in [0.717, 1.165) is 44.1 Å². The molecule has 0 saturated heterocycles. The van der Waals surface area contributed by atoms with Gasteiger partial charge in [-0.1, -0.05) is 48.6 Å². The molecule has 2 aromatic carbocycles. The van der Waals surface area contributed by atoms with E-state index in [2.05, 4.69) is 25.3 Å². The third-order valence-corrected chi connectivity index (χ3v) is 5.19. The van der Waals surface area contributed by atoms with Crippen LogP contribution in [0.3, 0.4) is 0 Å². The first-order valence-corrected chi connectivity index (χ1v) is 8.42. The fourth-order valence-electron chi connectivity index (χ4n) is 2.50. The Morgan fingerprint density at radius 2 is 1.17 bits per heavy atom. The summed E-state index contributed by atoms with van der Waals surface area (Å²) >= 11 is 0. The first kappa shape index (κ1) is 17.1. The summed E-state index contributed by atoms with van der Waals surface area (Å²) in [5.41, 5.74) is 4.30. The first-order chi connectivity index (χ1) is 11.0. The molecule has 23 heavy (non-hydrogen) atoms. The van der Waals surface area contributed by atoms with Gasteiger partial charge in [-0.25, -0.2) is 0 Å². The Bertz CT molecular complexity index is 684. The van der Waals surface area contributed by atoms with E-state index in [1.54, 1.807) is 14.2 Å². The van der Waals surface area contributed by atoms with Crippen molar-refractivity contribution in [2.45, 2.75) is 13.8 Å². The van der Waals surface area contributed by atoms with E-state index in [9.17, 15) is 0 Å². The van der Waals surface area contributed by atoms with Crippen LogP contribution in [0, 0.1) is 0 Å². The van der Waals surface area contributed by atoms with E-state index < -0.39 is 0 Å². The largest absolute Gasteiger partial charge is 0.497 e. The maximum atomic E-state index is 5.58. The Morgan fingerprint density at radius 1 is 0.783 bits per heavy atom.